The molecule has 1 fully saturated rings. The van der Waals surface area contributed by atoms with Crippen LogP contribution in [0.25, 0.3) is 0 Å². The molecule has 25 heavy (non-hydrogen) atoms. The van der Waals surface area contributed by atoms with Crippen molar-refractivity contribution in [3.63, 3.8) is 0 Å². The summed E-state index contributed by atoms with van der Waals surface area (Å²) in [5.41, 5.74) is 5.97. The van der Waals surface area contributed by atoms with Crippen LogP contribution < -0.4 is 11.4 Å². The number of thioether (sulfide) groups is 1. The number of ether oxygens (including phenoxy) is 1. The Morgan fingerprint density at radius 2 is 1.88 bits per heavy atom. The molecule has 1 aliphatic heterocycles. The lowest BCUT2D eigenvalue weighted by atomic mass is 9.71. The quantitative estimate of drug-likeness (QED) is 0.818. The van der Waals surface area contributed by atoms with Gasteiger partial charge in [0.15, 0.2) is 0 Å². The summed E-state index contributed by atoms with van der Waals surface area (Å²) in [6, 6.07) is 1.61. The number of anilines is 1. The van der Waals surface area contributed by atoms with Gasteiger partial charge in [0.1, 0.15) is 12.4 Å². The topological polar surface area (TPSA) is 87.2 Å². The van der Waals surface area contributed by atoms with E-state index in [1.54, 1.807) is 28.6 Å². The van der Waals surface area contributed by atoms with Crippen LogP contribution in [0.2, 0.25) is 0 Å². The average molecular weight is 370 g/mol. The predicted octanol–water partition coefficient (Wildman–Crippen LogP) is 3.47. The van der Waals surface area contributed by atoms with E-state index in [2.05, 4.69) is 46.5 Å². The number of carbonyl (C=O) groups excluding carboxylic acids is 1. The summed E-state index contributed by atoms with van der Waals surface area (Å²) in [5.74, 6) is 0.232. The van der Waals surface area contributed by atoms with E-state index in [4.69, 9.17) is 10.5 Å². The number of hydrogen-bond acceptors (Lipinski definition) is 6. The molecule has 6 nitrogen and oxygen atoms in total. The van der Waals surface area contributed by atoms with Crippen molar-refractivity contribution in [1.29, 1.82) is 0 Å². The maximum Gasteiger partial charge on any atom is 0.350 e. The van der Waals surface area contributed by atoms with E-state index in [0.29, 0.717) is 23.9 Å². The molecule has 2 N–H and O–H groups in total. The van der Waals surface area contributed by atoms with Gasteiger partial charge in [-0.15, -0.1) is 11.8 Å². The predicted molar refractivity (Wildman–Crippen MR) is 103 cm³/mol. The van der Waals surface area contributed by atoms with Gasteiger partial charge in [0.25, 0.3) is 6.47 Å². The molecule has 0 aromatic carbocycles. The van der Waals surface area contributed by atoms with Gasteiger partial charge < -0.3 is 10.5 Å². The molecule has 2 atom stereocenters. The summed E-state index contributed by atoms with van der Waals surface area (Å²) in [7, 11) is 0. The highest BCUT2D eigenvalue weighted by Crippen LogP contribution is 2.40. The van der Waals surface area contributed by atoms with Crippen molar-refractivity contribution in [2.24, 2.45) is 10.8 Å². The van der Waals surface area contributed by atoms with Gasteiger partial charge in [-0.05, 0) is 29.7 Å². The van der Waals surface area contributed by atoms with Gasteiger partial charge in [-0.3, -0.25) is 9.36 Å². The lowest BCUT2D eigenvalue weighted by molar-refractivity contribution is -0.128. The molecule has 0 saturated carbocycles. The molecule has 142 valence electrons. The molecule has 0 spiro atoms. The van der Waals surface area contributed by atoms with Crippen LogP contribution in [0.3, 0.4) is 0 Å². The second-order valence-electron chi connectivity index (χ2n) is 8.26. The van der Waals surface area contributed by atoms with Crippen LogP contribution in [-0.2, 0) is 9.53 Å². The number of nitrogens with zero attached hydrogens (tertiary/aromatic N) is 2. The number of rotatable bonds is 4. The Kier molecular flexibility index (Phi) is 7.53. The second kappa shape index (κ2) is 8.74. The Morgan fingerprint density at radius 1 is 1.28 bits per heavy atom. The SMILES string of the molecule is CC(C)(C)C(C)(C)C.Nc1ccn(C2CCC(COC=O)S2)c(=O)n1. The van der Waals surface area contributed by atoms with Gasteiger partial charge in [-0.2, -0.15) is 4.98 Å². The van der Waals surface area contributed by atoms with E-state index in [9.17, 15) is 9.59 Å². The first kappa shape index (κ1) is 21.5. The monoisotopic (exact) mass is 369 g/mol. The van der Waals surface area contributed by atoms with E-state index in [1.165, 1.54) is 0 Å². The Labute approximate surface area is 154 Å². The second-order valence-corrected chi connectivity index (χ2v) is 9.74. The van der Waals surface area contributed by atoms with Gasteiger partial charge >= 0.3 is 5.69 Å². The van der Waals surface area contributed by atoms with Gasteiger partial charge in [-0.25, -0.2) is 4.79 Å². The standard InChI is InChI=1S/C10H13N3O3S.C8H18/c11-8-3-4-13(10(15)12-8)9-2-1-7(17-9)5-16-6-14;1-7(2,3)8(4,5)6/h3-4,6-7,9H,1-2,5H2,(H2,11,12,15);1-6H3. The molecule has 1 aliphatic rings. The van der Waals surface area contributed by atoms with Crippen molar-refractivity contribution in [2.45, 2.75) is 65.0 Å². The molecular formula is C18H31N3O3S. The van der Waals surface area contributed by atoms with Crippen LogP contribution in [0.5, 0.6) is 0 Å². The van der Waals surface area contributed by atoms with Crippen molar-refractivity contribution in [1.82, 2.24) is 9.55 Å². The summed E-state index contributed by atoms with van der Waals surface area (Å²) in [6.45, 7) is 14.5. The molecule has 1 saturated heterocycles. The van der Waals surface area contributed by atoms with Gasteiger partial charge in [0.05, 0.1) is 5.37 Å². The van der Waals surface area contributed by atoms with E-state index in [0.717, 1.165) is 12.8 Å². The molecule has 0 aliphatic carbocycles. The smallest absolute Gasteiger partial charge is 0.350 e. The zero-order valence-corrected chi connectivity index (χ0v) is 16.9. The molecule has 2 heterocycles. The fourth-order valence-electron chi connectivity index (χ4n) is 1.81. The normalized spacial score (nSPS) is 20.6. The third-order valence-corrected chi connectivity index (χ3v) is 6.38. The fraction of sp³-hybridized carbons (Fsp3) is 0.722. The lowest BCUT2D eigenvalue weighted by Crippen LogP contribution is -2.25. The van der Waals surface area contributed by atoms with Crippen LogP contribution in [0.15, 0.2) is 17.1 Å². The third kappa shape index (κ3) is 6.72. The third-order valence-electron chi connectivity index (χ3n) is 4.85. The summed E-state index contributed by atoms with van der Waals surface area (Å²) in [6.07, 6.45) is 3.44. The molecule has 1 aromatic rings. The zero-order valence-electron chi connectivity index (χ0n) is 16.1. The Bertz CT molecular complexity index is 605. The minimum absolute atomic E-state index is 0.0517. The van der Waals surface area contributed by atoms with Crippen molar-refractivity contribution >= 4 is 24.1 Å². The lowest BCUT2D eigenvalue weighted by Gasteiger charge is -2.34. The maximum absolute atomic E-state index is 11.6. The van der Waals surface area contributed by atoms with Crippen molar-refractivity contribution in [2.75, 3.05) is 12.3 Å². The summed E-state index contributed by atoms with van der Waals surface area (Å²) >= 11 is 1.62. The zero-order chi connectivity index (χ0) is 19.3. The highest BCUT2D eigenvalue weighted by molar-refractivity contribution is 8.00. The summed E-state index contributed by atoms with van der Waals surface area (Å²) in [4.78, 5) is 25.4. The van der Waals surface area contributed by atoms with Crippen LogP contribution in [0.4, 0.5) is 5.82 Å². The van der Waals surface area contributed by atoms with Crippen LogP contribution >= 0.6 is 11.8 Å². The molecule has 2 rings (SSSR count). The molecule has 0 bridgehead atoms. The first-order valence-electron chi connectivity index (χ1n) is 8.51. The minimum atomic E-state index is -0.334. The van der Waals surface area contributed by atoms with Crippen LogP contribution in [0.1, 0.15) is 59.8 Å². The van der Waals surface area contributed by atoms with Gasteiger partial charge in [0.2, 0.25) is 0 Å². The van der Waals surface area contributed by atoms with Gasteiger partial charge in [-0.1, -0.05) is 41.5 Å². The minimum Gasteiger partial charge on any atom is -0.467 e. The fourth-order valence-corrected chi connectivity index (χ4v) is 3.24. The average Bonchev–Trinajstić information content (AvgIpc) is 2.92. The van der Waals surface area contributed by atoms with E-state index >= 15 is 0 Å². The summed E-state index contributed by atoms with van der Waals surface area (Å²) in [5, 5.41) is 0.297. The van der Waals surface area contributed by atoms with E-state index in [1.807, 2.05) is 0 Å². The molecular weight excluding hydrogens is 338 g/mol. The molecule has 0 radical (unpaired) electrons. The maximum atomic E-state index is 11.6. The number of carbonyl (C=O) groups is 1. The molecule has 2 unspecified atom stereocenters. The number of aromatic nitrogens is 2. The molecule has 0 amide bonds. The van der Waals surface area contributed by atoms with E-state index < -0.39 is 0 Å². The van der Waals surface area contributed by atoms with Crippen molar-refractivity contribution in [3.05, 3.63) is 22.7 Å². The Morgan fingerprint density at radius 3 is 2.36 bits per heavy atom. The van der Waals surface area contributed by atoms with Crippen molar-refractivity contribution < 1.29 is 9.53 Å². The van der Waals surface area contributed by atoms with E-state index in [-0.39, 0.29) is 22.1 Å². The Hall–Kier alpha value is -1.50. The number of nitrogens with two attached hydrogens (primary N) is 1. The number of hydrogen-bond donors (Lipinski definition) is 1. The first-order chi connectivity index (χ1) is 11.5. The Balaban J connectivity index is 0.000000333. The van der Waals surface area contributed by atoms with Crippen LogP contribution in [0, 0.1) is 10.8 Å². The van der Waals surface area contributed by atoms with Crippen molar-refractivity contribution in [3.8, 4) is 0 Å². The number of nitrogen functional groups attached to an aromatic ring is 1. The van der Waals surface area contributed by atoms with Gasteiger partial charge in [0, 0.05) is 11.4 Å². The summed E-state index contributed by atoms with van der Waals surface area (Å²) < 4.78 is 6.30. The van der Waals surface area contributed by atoms with Crippen LogP contribution in [-0.4, -0.2) is 27.9 Å². The first-order valence-corrected chi connectivity index (χ1v) is 9.45. The largest absolute Gasteiger partial charge is 0.467 e. The molecule has 1 aromatic heterocycles. The highest BCUT2D eigenvalue weighted by atomic mass is 32.2. The molecule has 7 heteroatoms. The highest BCUT2D eigenvalue weighted by Gasteiger charge is 2.28.